The molecule has 4 aliphatic heterocycles. The van der Waals surface area contributed by atoms with E-state index in [2.05, 4.69) is 10.3 Å². The molecule has 3 N–H and O–H groups in total. The fraction of sp³-hybridized carbons (Fsp3) is 0.514. The molecule has 0 saturated carbocycles. The largest absolute Gasteiger partial charge is 0.493 e. The lowest BCUT2D eigenvalue weighted by molar-refractivity contribution is -0.133. The number of aliphatic hydroxyl groups is 2. The van der Waals surface area contributed by atoms with Gasteiger partial charge in [-0.2, -0.15) is 0 Å². The Kier molecular flexibility index (Phi) is 27.4. The van der Waals surface area contributed by atoms with E-state index in [4.69, 9.17) is 42.6 Å². The van der Waals surface area contributed by atoms with E-state index in [1.807, 2.05) is 53.0 Å². The summed E-state index contributed by atoms with van der Waals surface area (Å²) in [5.74, 6) is -1.09. The number of ketones is 3. The molecule has 4 aliphatic rings. The molecular weight excluding hydrogens is 1200 g/mol. The summed E-state index contributed by atoms with van der Waals surface area (Å²) in [6.07, 6.45) is 11.7. The van der Waals surface area contributed by atoms with Crippen molar-refractivity contribution in [2.45, 2.75) is 137 Å². The van der Waals surface area contributed by atoms with E-state index in [9.17, 15) is 43.8 Å². The minimum Gasteiger partial charge on any atom is -0.493 e. The molecular formula is C70H91N5O18. The van der Waals surface area contributed by atoms with Crippen molar-refractivity contribution in [3.05, 3.63) is 119 Å². The number of aliphatic hydroxyl groups excluding tert-OH is 1. The van der Waals surface area contributed by atoms with E-state index in [0.717, 1.165) is 15.4 Å². The van der Waals surface area contributed by atoms with E-state index in [0.29, 0.717) is 117 Å². The Bertz CT molecular complexity index is 3260. The van der Waals surface area contributed by atoms with Gasteiger partial charge in [-0.25, -0.2) is 9.69 Å². The van der Waals surface area contributed by atoms with Crippen molar-refractivity contribution >= 4 is 58.8 Å². The highest BCUT2D eigenvalue weighted by Crippen LogP contribution is 2.46. The van der Waals surface area contributed by atoms with Gasteiger partial charge < -0.3 is 63.1 Å². The van der Waals surface area contributed by atoms with Crippen molar-refractivity contribution in [3.8, 4) is 23.0 Å². The van der Waals surface area contributed by atoms with Gasteiger partial charge in [0.15, 0.2) is 40.7 Å². The van der Waals surface area contributed by atoms with Crippen LogP contribution in [0.1, 0.15) is 132 Å². The topological polar surface area (TPSA) is 277 Å². The zero-order valence-electron chi connectivity index (χ0n) is 55.0. The Balaban J connectivity index is 0.884. The molecule has 504 valence electrons. The standard InChI is InChI=1S/C70H91N5O18/c1-10-14-50-33-52-41-71-58-38-63(61(85-8)36-56(58)66(80)73(52)42-50)91-23-13-24-92-64-39-59-57(37-62(64)86-9)67(81)74-43-51(15-11-2)40-70(74,84)68(82)75(59)69(83)93-44-49-19-17-48(18-20-49)34-60(78)47(7)72-65(79)55(46(5)6)35-54(77)21-25-88-27-29-90-31-30-89-28-26-87-22-12-16-53(76)32-45(3)4/h10-11,14-15,17-20,36-39,41-43,45-47,52,55,68,82,84H,12-13,16,21-35,40,44H2,1-9H3,(H,72,79)/b14-10+,15-11+/t47-,52-,55-,68-,70+/m0/s1. The first-order valence-electron chi connectivity index (χ1n) is 31.9. The van der Waals surface area contributed by atoms with Crippen LogP contribution in [0.4, 0.5) is 16.2 Å². The minimum atomic E-state index is -2.33. The summed E-state index contributed by atoms with van der Waals surface area (Å²) >= 11 is 0. The van der Waals surface area contributed by atoms with Crippen LogP contribution >= 0.6 is 0 Å². The Hall–Kier alpha value is -8.06. The lowest BCUT2D eigenvalue weighted by Gasteiger charge is -2.38. The highest BCUT2D eigenvalue weighted by Gasteiger charge is 2.55. The lowest BCUT2D eigenvalue weighted by atomic mass is 9.88. The van der Waals surface area contributed by atoms with E-state index < -0.39 is 41.8 Å². The number of aliphatic imine (C=N–C) groups is 1. The maximum atomic E-state index is 14.4. The van der Waals surface area contributed by atoms with Gasteiger partial charge >= 0.3 is 6.09 Å². The number of carbonyl (C=O) groups is 7. The predicted octanol–water partition coefficient (Wildman–Crippen LogP) is 9.11. The average molecular weight is 1290 g/mol. The van der Waals surface area contributed by atoms with Gasteiger partial charge in [-0.05, 0) is 79.9 Å². The minimum absolute atomic E-state index is 0.0148. The van der Waals surface area contributed by atoms with Gasteiger partial charge in [0.1, 0.15) is 18.2 Å². The van der Waals surface area contributed by atoms with Crippen LogP contribution in [-0.2, 0) is 55.9 Å². The Morgan fingerprint density at radius 1 is 0.688 bits per heavy atom. The quantitative estimate of drug-likeness (QED) is 0.0451. The second-order valence-electron chi connectivity index (χ2n) is 24.0. The van der Waals surface area contributed by atoms with Gasteiger partial charge in [-0.1, -0.05) is 76.3 Å². The van der Waals surface area contributed by atoms with E-state index >= 15 is 0 Å². The summed E-state index contributed by atoms with van der Waals surface area (Å²) in [6.45, 7) is 15.8. The fourth-order valence-corrected chi connectivity index (χ4v) is 11.1. The normalized spacial score (nSPS) is 18.2. The maximum Gasteiger partial charge on any atom is 0.416 e. The first-order chi connectivity index (χ1) is 44.7. The third-order valence-corrected chi connectivity index (χ3v) is 16.0. The van der Waals surface area contributed by atoms with Crippen LogP contribution in [0.25, 0.3) is 0 Å². The van der Waals surface area contributed by atoms with Gasteiger partial charge in [-0.15, -0.1) is 0 Å². The lowest BCUT2D eigenvalue weighted by Crippen LogP contribution is -2.60. The third kappa shape index (κ3) is 19.7. The third-order valence-electron chi connectivity index (χ3n) is 16.0. The zero-order valence-corrected chi connectivity index (χ0v) is 55.0. The molecule has 0 aromatic heterocycles. The molecule has 0 bridgehead atoms. The van der Waals surface area contributed by atoms with Crippen LogP contribution in [0.15, 0.2) is 101 Å². The SMILES string of the molecule is C/C=C/C1=CN2C(=O)c3cc(OC)c(OCCCOc4cc5c(cc4OC)C(=O)N4C=C(/C=C/C)C[C@@]4(O)[C@H](O)N5C(=O)OCc4ccc(CC(=O)[C@H](C)NC(=O)[C@@H](CC(=O)CCOCCOCCOCCOCCCC(=O)CC(C)C)C(C)C)cc4)cc3N=C[C@@H]2C1. The number of nitrogens with one attached hydrogen (secondary N) is 1. The van der Waals surface area contributed by atoms with Gasteiger partial charge in [0.2, 0.25) is 5.91 Å². The first-order valence-corrected chi connectivity index (χ1v) is 31.9. The molecule has 0 radical (unpaired) electrons. The Morgan fingerprint density at radius 2 is 1.28 bits per heavy atom. The zero-order chi connectivity index (χ0) is 67.2. The molecule has 93 heavy (non-hydrogen) atoms. The molecule has 7 rings (SSSR count). The molecule has 5 atom stereocenters. The van der Waals surface area contributed by atoms with Crippen molar-refractivity contribution < 1.29 is 86.4 Å². The predicted molar refractivity (Wildman–Crippen MR) is 347 cm³/mol. The van der Waals surface area contributed by atoms with E-state index in [1.165, 1.54) is 32.6 Å². The molecule has 23 heteroatoms. The molecule has 0 unspecified atom stereocenters. The second-order valence-corrected chi connectivity index (χ2v) is 24.0. The molecule has 4 amide bonds. The number of hydrogen-bond acceptors (Lipinski definition) is 19. The van der Waals surface area contributed by atoms with Gasteiger partial charge in [0, 0.05) is 88.2 Å². The highest BCUT2D eigenvalue weighted by atomic mass is 16.6. The van der Waals surface area contributed by atoms with Crippen LogP contribution in [-0.4, -0.2) is 172 Å². The number of Topliss-reactive ketones (excluding diaryl/α,β-unsaturated/α-hetero) is 3. The van der Waals surface area contributed by atoms with Crippen molar-refractivity contribution in [1.29, 1.82) is 0 Å². The molecule has 0 aliphatic carbocycles. The first kappa shape index (κ1) is 72.4. The number of benzene rings is 3. The van der Waals surface area contributed by atoms with Crippen LogP contribution in [0.2, 0.25) is 0 Å². The molecule has 0 fully saturated rings. The summed E-state index contributed by atoms with van der Waals surface area (Å²) < 4.78 is 51.6. The number of allylic oxidation sites excluding steroid dienone is 4. The molecule has 0 spiro atoms. The van der Waals surface area contributed by atoms with Crippen LogP contribution in [0.3, 0.4) is 0 Å². The molecule has 3 aromatic rings. The molecule has 4 heterocycles. The highest BCUT2D eigenvalue weighted by molar-refractivity contribution is 6.07. The van der Waals surface area contributed by atoms with Crippen molar-refractivity contribution in [3.63, 3.8) is 0 Å². The van der Waals surface area contributed by atoms with Gasteiger partial charge in [0.05, 0.1) is 108 Å². The smallest absolute Gasteiger partial charge is 0.416 e. The van der Waals surface area contributed by atoms with Crippen molar-refractivity contribution in [2.24, 2.45) is 22.7 Å². The van der Waals surface area contributed by atoms with E-state index in [1.54, 1.807) is 73.5 Å². The number of nitrogens with zero attached hydrogens (tertiary/aromatic N) is 4. The Labute approximate surface area is 544 Å². The maximum absolute atomic E-state index is 14.4. The fourth-order valence-electron chi connectivity index (χ4n) is 11.1. The van der Waals surface area contributed by atoms with Gasteiger partial charge in [-0.3, -0.25) is 38.7 Å². The second kappa shape index (κ2) is 35.3. The Morgan fingerprint density at radius 3 is 1.90 bits per heavy atom. The number of ether oxygens (including phenoxy) is 9. The summed E-state index contributed by atoms with van der Waals surface area (Å²) in [6, 6.07) is 11.6. The summed E-state index contributed by atoms with van der Waals surface area (Å²) in [5.41, 5.74) is 0.888. The number of methoxy groups -OCH3 is 2. The number of anilines is 1. The molecule has 0 saturated heterocycles. The number of fused-ring (bicyclic) bond motifs is 4. The molecule has 23 nitrogen and oxygen atoms in total. The summed E-state index contributed by atoms with van der Waals surface area (Å²) in [5, 5.41) is 27.1. The van der Waals surface area contributed by atoms with Crippen LogP contribution < -0.4 is 29.2 Å². The number of amides is 4. The van der Waals surface area contributed by atoms with Gasteiger partial charge in [0.25, 0.3) is 11.8 Å². The molecule has 3 aromatic carbocycles. The number of rotatable bonds is 38. The summed E-state index contributed by atoms with van der Waals surface area (Å²) in [4.78, 5) is 102. The van der Waals surface area contributed by atoms with Crippen molar-refractivity contribution in [2.75, 3.05) is 85.2 Å². The van der Waals surface area contributed by atoms with Crippen LogP contribution in [0, 0.1) is 17.8 Å². The van der Waals surface area contributed by atoms with Crippen molar-refractivity contribution in [1.82, 2.24) is 15.1 Å². The van der Waals surface area contributed by atoms with Crippen LogP contribution in [0.5, 0.6) is 23.0 Å². The monoisotopic (exact) mass is 1290 g/mol. The van der Waals surface area contributed by atoms with E-state index in [-0.39, 0.29) is 117 Å². The summed E-state index contributed by atoms with van der Waals surface area (Å²) in [7, 11) is 2.86. The number of carbonyl (C=O) groups excluding carboxylic acids is 7. The average Bonchev–Trinajstić information content (AvgIpc) is 1.59. The number of hydrogen-bond donors (Lipinski definition) is 3.